The third-order valence-electron chi connectivity index (χ3n) is 8.48. The zero-order valence-corrected chi connectivity index (χ0v) is 23.8. The molecule has 11 nitrogen and oxygen atoms in total. The maximum atomic E-state index is 11.7. The Morgan fingerprint density at radius 2 is 1.87 bits per heavy atom. The first kappa shape index (κ1) is 26.0. The molecule has 0 radical (unpaired) electrons. The Labute approximate surface area is 231 Å². The fourth-order valence-electron chi connectivity index (χ4n) is 5.74. The van der Waals surface area contributed by atoms with Crippen molar-refractivity contribution >= 4 is 34.3 Å². The highest BCUT2D eigenvalue weighted by Crippen LogP contribution is 2.36. The van der Waals surface area contributed by atoms with Gasteiger partial charge in [-0.25, -0.2) is 19.7 Å². The number of nitrogens with one attached hydrogen (secondary N) is 3. The molecule has 6 rings (SSSR count). The van der Waals surface area contributed by atoms with E-state index in [4.69, 9.17) is 19.5 Å². The maximum absolute atomic E-state index is 11.7. The minimum absolute atomic E-state index is 0.0264. The Kier molecular flexibility index (Phi) is 7.13. The number of fused-ring (bicyclic) bond motifs is 1. The predicted molar refractivity (Wildman–Crippen MR) is 152 cm³/mol. The van der Waals surface area contributed by atoms with Crippen molar-refractivity contribution in [2.75, 3.05) is 10.6 Å². The van der Waals surface area contributed by atoms with Crippen LogP contribution < -0.4 is 16.4 Å². The number of hydrogen-bond donors (Lipinski definition) is 3. The van der Waals surface area contributed by atoms with Gasteiger partial charge in [0.05, 0.1) is 16.7 Å². The Bertz CT molecular complexity index is 1490. The molecule has 2 aliphatic rings. The molecular weight excluding hydrogens is 514 g/mol. The highest BCUT2D eigenvalue weighted by Gasteiger charge is 2.29. The first-order valence-electron chi connectivity index (χ1n) is 14.1. The van der Waals surface area contributed by atoms with E-state index < -0.39 is 5.76 Å². The lowest BCUT2D eigenvalue weighted by molar-refractivity contribution is 0.267. The largest absolute Gasteiger partial charge is 0.460 e. The van der Waals surface area contributed by atoms with Crippen molar-refractivity contribution in [1.82, 2.24) is 34.6 Å². The minimum Gasteiger partial charge on any atom is -0.365 e. The van der Waals surface area contributed by atoms with E-state index in [0.29, 0.717) is 23.3 Å². The highest BCUT2D eigenvalue weighted by molar-refractivity contribution is 7.09. The topological polar surface area (TPSA) is 139 Å². The lowest BCUT2D eigenvalue weighted by atomic mass is 9.80. The summed E-state index contributed by atoms with van der Waals surface area (Å²) < 4.78 is 7.08. The number of aromatic nitrogens is 7. The van der Waals surface area contributed by atoms with Crippen LogP contribution in [-0.4, -0.2) is 40.7 Å². The third kappa shape index (κ3) is 5.43. The van der Waals surface area contributed by atoms with Crippen LogP contribution >= 0.6 is 11.3 Å². The average Bonchev–Trinajstić information content (AvgIpc) is 3.58. The third-order valence-corrected chi connectivity index (χ3v) is 9.27. The van der Waals surface area contributed by atoms with Crippen molar-refractivity contribution in [2.24, 2.45) is 17.8 Å². The normalized spacial score (nSPS) is 21.5. The van der Waals surface area contributed by atoms with Crippen molar-refractivity contribution in [3.63, 3.8) is 0 Å². The van der Waals surface area contributed by atoms with Crippen LogP contribution in [0.3, 0.4) is 0 Å². The summed E-state index contributed by atoms with van der Waals surface area (Å²) in [6, 6.07) is 0.217. The average molecular weight is 552 g/mol. The van der Waals surface area contributed by atoms with Gasteiger partial charge in [0.2, 0.25) is 17.6 Å². The van der Waals surface area contributed by atoms with E-state index in [1.165, 1.54) is 44.9 Å². The summed E-state index contributed by atoms with van der Waals surface area (Å²) in [5.41, 5.74) is 2.42. The van der Waals surface area contributed by atoms with E-state index in [-0.39, 0.29) is 23.7 Å². The van der Waals surface area contributed by atoms with E-state index in [9.17, 15) is 4.79 Å². The number of rotatable bonds is 9. The van der Waals surface area contributed by atoms with Crippen LogP contribution in [0.15, 0.2) is 14.7 Å². The van der Waals surface area contributed by atoms with Crippen molar-refractivity contribution in [3.05, 3.63) is 26.6 Å². The van der Waals surface area contributed by atoms with Crippen LogP contribution in [0.1, 0.15) is 82.5 Å². The van der Waals surface area contributed by atoms with E-state index in [2.05, 4.69) is 56.5 Å². The summed E-state index contributed by atoms with van der Waals surface area (Å²) in [7, 11) is 0. The van der Waals surface area contributed by atoms with Crippen LogP contribution in [0.4, 0.5) is 11.8 Å². The smallest absolute Gasteiger partial charge is 0.365 e. The number of anilines is 2. The van der Waals surface area contributed by atoms with Crippen LogP contribution in [0.5, 0.6) is 0 Å². The van der Waals surface area contributed by atoms with Crippen molar-refractivity contribution in [3.8, 4) is 11.6 Å². The maximum Gasteiger partial charge on any atom is 0.460 e. The van der Waals surface area contributed by atoms with E-state index in [1.54, 1.807) is 11.3 Å². The van der Waals surface area contributed by atoms with Gasteiger partial charge in [-0.2, -0.15) is 10.1 Å². The molecule has 2 aliphatic carbocycles. The molecule has 0 amide bonds. The zero-order valence-electron chi connectivity index (χ0n) is 23.0. The highest BCUT2D eigenvalue weighted by atomic mass is 32.1. The summed E-state index contributed by atoms with van der Waals surface area (Å²) in [5.74, 6) is 3.16. The summed E-state index contributed by atoms with van der Waals surface area (Å²) in [6.45, 7) is 9.53. The number of aryl methyl sites for hydroxylation is 1. The van der Waals surface area contributed by atoms with E-state index >= 15 is 0 Å². The molecular formula is C27H37N9O2S. The monoisotopic (exact) mass is 551 g/mol. The molecule has 0 aliphatic heterocycles. The van der Waals surface area contributed by atoms with Gasteiger partial charge in [0.25, 0.3) is 0 Å². The van der Waals surface area contributed by atoms with Gasteiger partial charge in [0, 0.05) is 18.0 Å². The summed E-state index contributed by atoms with van der Waals surface area (Å²) in [6.07, 6.45) is 8.58. The van der Waals surface area contributed by atoms with Gasteiger partial charge in [0.1, 0.15) is 5.52 Å². The number of imidazole rings is 1. The van der Waals surface area contributed by atoms with Gasteiger partial charge in [-0.05, 0) is 64.2 Å². The second kappa shape index (κ2) is 10.7. The zero-order chi connectivity index (χ0) is 27.1. The number of aromatic amines is 1. The van der Waals surface area contributed by atoms with Gasteiger partial charge in [-0.1, -0.05) is 26.2 Å². The number of nitrogens with zero attached hydrogens (tertiary/aromatic N) is 6. The summed E-state index contributed by atoms with van der Waals surface area (Å²) >= 11 is 1.65. The molecule has 4 aromatic rings. The fourth-order valence-corrected chi connectivity index (χ4v) is 6.45. The molecule has 0 bridgehead atoms. The predicted octanol–water partition coefficient (Wildman–Crippen LogP) is 5.53. The van der Waals surface area contributed by atoms with Crippen LogP contribution in [0.2, 0.25) is 0 Å². The Morgan fingerprint density at radius 3 is 2.51 bits per heavy atom. The second-order valence-corrected chi connectivity index (χ2v) is 12.5. The molecule has 0 spiro atoms. The molecule has 2 fully saturated rings. The van der Waals surface area contributed by atoms with E-state index in [0.717, 1.165) is 34.6 Å². The summed E-state index contributed by atoms with van der Waals surface area (Å²) in [5, 5.41) is 13.0. The molecule has 1 unspecified atom stereocenters. The number of thiazole rings is 1. The Balaban J connectivity index is 1.45. The van der Waals surface area contributed by atoms with Gasteiger partial charge in [0.15, 0.2) is 11.5 Å². The molecule has 0 saturated heterocycles. The molecule has 4 aromatic heterocycles. The van der Waals surface area contributed by atoms with Gasteiger partial charge in [-0.15, -0.1) is 16.3 Å². The standard InChI is InChI=1S/C27H37N9O2S/c1-14-8-10-18(11-9-14)12-36-21-22(28-15(2)19-6-5-7-19)31-24(25-34-27(37)38-35-25)32-23(21)33-26(36)29-16(3)20-13-39-17(4)30-20/h13-16,18-19H,5-12H2,1-4H3,(H,34,35,37)(H2,28,29,31,32,33)/t14-,15-,16?,18-/m1/s1. The van der Waals surface area contributed by atoms with Gasteiger partial charge < -0.3 is 19.7 Å². The van der Waals surface area contributed by atoms with Gasteiger partial charge >= 0.3 is 5.76 Å². The molecule has 3 N–H and O–H groups in total. The number of H-pyrrole nitrogens is 1. The quantitative estimate of drug-likeness (QED) is 0.245. The molecule has 12 heteroatoms. The fraction of sp³-hybridized carbons (Fsp3) is 0.630. The van der Waals surface area contributed by atoms with Crippen LogP contribution in [0.25, 0.3) is 22.8 Å². The summed E-state index contributed by atoms with van der Waals surface area (Å²) in [4.78, 5) is 34.9. The van der Waals surface area contributed by atoms with Crippen molar-refractivity contribution in [2.45, 2.75) is 91.3 Å². The molecule has 2 atom stereocenters. The lowest BCUT2D eigenvalue weighted by Gasteiger charge is -2.32. The first-order valence-corrected chi connectivity index (χ1v) is 15.0. The van der Waals surface area contributed by atoms with Crippen LogP contribution in [0, 0.1) is 24.7 Å². The van der Waals surface area contributed by atoms with E-state index in [1.807, 2.05) is 6.92 Å². The molecule has 39 heavy (non-hydrogen) atoms. The molecule has 4 heterocycles. The Hall–Kier alpha value is -3.28. The lowest BCUT2D eigenvalue weighted by Crippen LogP contribution is -2.31. The Morgan fingerprint density at radius 1 is 1.08 bits per heavy atom. The molecule has 208 valence electrons. The first-order chi connectivity index (χ1) is 18.8. The molecule has 2 saturated carbocycles. The number of hydrogen-bond acceptors (Lipinski definition) is 10. The van der Waals surface area contributed by atoms with Gasteiger partial charge in [-0.3, -0.25) is 0 Å². The SMILES string of the molecule is Cc1nc(C(C)Nc2nc3nc(-c4nc(=O)o[nH]4)nc(N[C@H](C)C4CCC4)c3n2C[C@H]2CC[C@H](C)CC2)cs1. The van der Waals surface area contributed by atoms with Crippen molar-refractivity contribution in [1.29, 1.82) is 0 Å². The molecule has 0 aromatic carbocycles. The minimum atomic E-state index is -0.710. The van der Waals surface area contributed by atoms with Crippen LogP contribution in [-0.2, 0) is 6.54 Å². The van der Waals surface area contributed by atoms with Crippen molar-refractivity contribution < 1.29 is 4.52 Å². The second-order valence-electron chi connectivity index (χ2n) is 11.5.